The molecule has 0 amide bonds. The van der Waals surface area contributed by atoms with Crippen LogP contribution in [0.4, 0.5) is 0 Å². The standard InChI is InChI=1S/C14H14N4O3S/c19-22(20,17-8-11(9-17)18-7-3-6-15-18)10-13-12-4-1-2-5-14(12)21-16-13/h1-7,11H,8-10H2. The minimum Gasteiger partial charge on any atom is -0.356 e. The molecule has 1 fully saturated rings. The first kappa shape index (κ1) is 13.5. The fourth-order valence-electron chi connectivity index (χ4n) is 2.61. The highest BCUT2D eigenvalue weighted by Gasteiger charge is 2.37. The third kappa shape index (κ3) is 2.20. The summed E-state index contributed by atoms with van der Waals surface area (Å²) < 4.78 is 33.3. The maximum atomic E-state index is 12.5. The zero-order valence-electron chi connectivity index (χ0n) is 11.7. The average molecular weight is 318 g/mol. The average Bonchev–Trinajstić information content (AvgIpc) is 3.07. The summed E-state index contributed by atoms with van der Waals surface area (Å²) >= 11 is 0. The summed E-state index contributed by atoms with van der Waals surface area (Å²) in [5.74, 6) is -0.143. The number of fused-ring (bicyclic) bond motifs is 1. The van der Waals surface area contributed by atoms with E-state index in [-0.39, 0.29) is 11.8 Å². The van der Waals surface area contributed by atoms with E-state index in [1.165, 1.54) is 4.31 Å². The number of hydrogen-bond acceptors (Lipinski definition) is 5. The van der Waals surface area contributed by atoms with Crippen molar-refractivity contribution in [1.82, 2.24) is 19.2 Å². The van der Waals surface area contributed by atoms with Gasteiger partial charge in [0.15, 0.2) is 5.58 Å². The Morgan fingerprint density at radius 2 is 2.05 bits per heavy atom. The predicted molar refractivity (Wildman–Crippen MR) is 79.5 cm³/mol. The van der Waals surface area contributed by atoms with Gasteiger partial charge in [-0.3, -0.25) is 4.68 Å². The molecule has 1 saturated heterocycles. The van der Waals surface area contributed by atoms with Gasteiger partial charge in [0.1, 0.15) is 11.4 Å². The summed E-state index contributed by atoms with van der Waals surface area (Å²) in [6.07, 6.45) is 3.54. The fraction of sp³-hybridized carbons (Fsp3) is 0.286. The Morgan fingerprint density at radius 1 is 1.23 bits per heavy atom. The smallest absolute Gasteiger partial charge is 0.220 e. The number of sulfonamides is 1. The number of rotatable bonds is 4. The third-order valence-electron chi connectivity index (χ3n) is 3.89. The lowest BCUT2D eigenvalue weighted by molar-refractivity contribution is 0.191. The van der Waals surface area contributed by atoms with Gasteiger partial charge in [-0.25, -0.2) is 8.42 Å². The van der Waals surface area contributed by atoms with Crippen molar-refractivity contribution in [2.75, 3.05) is 13.1 Å². The summed E-state index contributed by atoms with van der Waals surface area (Å²) in [6.45, 7) is 0.888. The van der Waals surface area contributed by atoms with Crippen LogP contribution in [-0.2, 0) is 15.8 Å². The molecule has 0 radical (unpaired) electrons. The number of nitrogens with zero attached hydrogens (tertiary/aromatic N) is 4. The number of aromatic nitrogens is 3. The number of para-hydroxylation sites is 1. The Balaban J connectivity index is 1.51. The van der Waals surface area contributed by atoms with E-state index in [9.17, 15) is 8.42 Å². The molecule has 0 spiro atoms. The first-order chi connectivity index (χ1) is 10.6. The van der Waals surface area contributed by atoms with Crippen molar-refractivity contribution < 1.29 is 12.9 Å². The monoisotopic (exact) mass is 318 g/mol. The van der Waals surface area contributed by atoms with Crippen molar-refractivity contribution in [3.05, 3.63) is 48.4 Å². The van der Waals surface area contributed by atoms with Gasteiger partial charge in [-0.1, -0.05) is 17.3 Å². The van der Waals surface area contributed by atoms with E-state index in [2.05, 4.69) is 10.3 Å². The molecule has 7 nitrogen and oxygen atoms in total. The first-order valence-electron chi connectivity index (χ1n) is 6.94. The normalized spacial score (nSPS) is 16.9. The van der Waals surface area contributed by atoms with Crippen molar-refractivity contribution in [1.29, 1.82) is 0 Å². The Kier molecular flexibility index (Phi) is 3.02. The van der Waals surface area contributed by atoms with Crippen molar-refractivity contribution in [2.24, 2.45) is 0 Å². The van der Waals surface area contributed by atoms with Gasteiger partial charge < -0.3 is 4.52 Å². The Labute approximate surface area is 127 Å². The Bertz CT molecular complexity index is 895. The molecule has 4 rings (SSSR count). The van der Waals surface area contributed by atoms with Gasteiger partial charge in [0, 0.05) is 30.9 Å². The van der Waals surface area contributed by atoms with Crippen molar-refractivity contribution >= 4 is 21.0 Å². The second-order valence-corrected chi connectivity index (χ2v) is 7.31. The molecule has 3 heterocycles. The van der Waals surface area contributed by atoms with E-state index in [4.69, 9.17) is 4.52 Å². The molecule has 0 aliphatic carbocycles. The molecular weight excluding hydrogens is 304 g/mol. The van der Waals surface area contributed by atoms with Crippen LogP contribution in [0.25, 0.3) is 11.0 Å². The van der Waals surface area contributed by atoms with Crippen LogP contribution in [0.1, 0.15) is 11.7 Å². The molecule has 1 aliphatic heterocycles. The molecule has 22 heavy (non-hydrogen) atoms. The first-order valence-corrected chi connectivity index (χ1v) is 8.55. The molecule has 0 N–H and O–H groups in total. The van der Waals surface area contributed by atoms with E-state index in [0.717, 1.165) is 5.39 Å². The van der Waals surface area contributed by atoms with Gasteiger partial charge in [-0.15, -0.1) is 0 Å². The van der Waals surface area contributed by atoms with Crippen molar-refractivity contribution in [3.63, 3.8) is 0 Å². The quantitative estimate of drug-likeness (QED) is 0.726. The van der Waals surface area contributed by atoms with Gasteiger partial charge in [0.25, 0.3) is 0 Å². The molecule has 0 unspecified atom stereocenters. The highest BCUT2D eigenvalue weighted by Crippen LogP contribution is 2.27. The molecule has 8 heteroatoms. The fourth-order valence-corrected chi connectivity index (χ4v) is 4.15. The third-order valence-corrected chi connectivity index (χ3v) is 5.62. The maximum Gasteiger partial charge on any atom is 0.220 e. The van der Waals surface area contributed by atoms with E-state index in [1.54, 1.807) is 16.9 Å². The molecular formula is C14H14N4O3S. The summed E-state index contributed by atoms with van der Waals surface area (Å²) in [6, 6.07) is 9.20. The molecule has 3 aromatic rings. The van der Waals surface area contributed by atoms with Gasteiger partial charge in [-0.2, -0.15) is 9.40 Å². The highest BCUT2D eigenvalue weighted by atomic mass is 32.2. The zero-order valence-corrected chi connectivity index (χ0v) is 12.5. The van der Waals surface area contributed by atoms with Gasteiger partial charge in [0.2, 0.25) is 10.0 Å². The van der Waals surface area contributed by atoms with Crippen LogP contribution < -0.4 is 0 Å². The minimum atomic E-state index is -3.39. The van der Waals surface area contributed by atoms with Crippen LogP contribution in [0.3, 0.4) is 0 Å². The number of hydrogen-bond donors (Lipinski definition) is 0. The summed E-state index contributed by atoms with van der Waals surface area (Å²) in [4.78, 5) is 0. The minimum absolute atomic E-state index is 0.110. The predicted octanol–water partition coefficient (Wildman–Crippen LogP) is 1.41. The largest absolute Gasteiger partial charge is 0.356 e. The van der Waals surface area contributed by atoms with Gasteiger partial charge >= 0.3 is 0 Å². The molecule has 2 aromatic heterocycles. The Morgan fingerprint density at radius 3 is 2.82 bits per heavy atom. The van der Waals surface area contributed by atoms with Crippen LogP contribution >= 0.6 is 0 Å². The van der Waals surface area contributed by atoms with Crippen LogP contribution in [0.5, 0.6) is 0 Å². The summed E-state index contributed by atoms with van der Waals surface area (Å²) in [7, 11) is -3.39. The summed E-state index contributed by atoms with van der Waals surface area (Å²) in [5, 5.41) is 8.78. The van der Waals surface area contributed by atoms with E-state index >= 15 is 0 Å². The molecule has 1 aliphatic rings. The molecule has 114 valence electrons. The second-order valence-electron chi connectivity index (χ2n) is 5.34. The van der Waals surface area contributed by atoms with Crippen LogP contribution in [0.15, 0.2) is 47.2 Å². The molecule has 1 aromatic carbocycles. The van der Waals surface area contributed by atoms with Crippen LogP contribution in [-0.4, -0.2) is 40.7 Å². The molecule has 0 atom stereocenters. The maximum absolute atomic E-state index is 12.5. The zero-order chi connectivity index (χ0) is 15.2. The second kappa shape index (κ2) is 4.92. The van der Waals surface area contributed by atoms with Crippen LogP contribution in [0.2, 0.25) is 0 Å². The lowest BCUT2D eigenvalue weighted by atomic mass is 10.2. The van der Waals surface area contributed by atoms with Gasteiger partial charge in [0.05, 0.1) is 6.04 Å². The number of benzene rings is 1. The highest BCUT2D eigenvalue weighted by molar-refractivity contribution is 7.88. The van der Waals surface area contributed by atoms with Crippen molar-refractivity contribution in [2.45, 2.75) is 11.8 Å². The molecule has 0 bridgehead atoms. The van der Waals surface area contributed by atoms with Crippen LogP contribution in [0, 0.1) is 0 Å². The van der Waals surface area contributed by atoms with Gasteiger partial charge in [-0.05, 0) is 18.2 Å². The Hall–Kier alpha value is -2.19. The lowest BCUT2D eigenvalue weighted by Gasteiger charge is -2.37. The summed E-state index contributed by atoms with van der Waals surface area (Å²) in [5.41, 5.74) is 1.06. The van der Waals surface area contributed by atoms with E-state index in [0.29, 0.717) is 24.4 Å². The SMILES string of the molecule is O=S(=O)(Cc1noc2ccccc12)N1CC(n2cccn2)C1. The van der Waals surface area contributed by atoms with E-state index in [1.807, 2.05) is 30.5 Å². The van der Waals surface area contributed by atoms with E-state index < -0.39 is 10.0 Å². The lowest BCUT2D eigenvalue weighted by Crippen LogP contribution is -2.51. The topological polar surface area (TPSA) is 81.2 Å². The van der Waals surface area contributed by atoms with Crippen molar-refractivity contribution in [3.8, 4) is 0 Å². The molecule has 0 saturated carbocycles.